The second kappa shape index (κ2) is 7.42. The van der Waals surface area contributed by atoms with E-state index in [1.807, 2.05) is 6.08 Å². The van der Waals surface area contributed by atoms with E-state index < -0.39 is 5.82 Å². The minimum Gasteiger partial charge on any atom is -0.497 e. The number of halogens is 1. The number of anilines is 3. The normalized spacial score (nSPS) is 17.3. The van der Waals surface area contributed by atoms with Crippen LogP contribution in [0.1, 0.15) is 24.8 Å². The van der Waals surface area contributed by atoms with E-state index >= 15 is 0 Å². The van der Waals surface area contributed by atoms with Crippen molar-refractivity contribution in [3.05, 3.63) is 59.7 Å². The van der Waals surface area contributed by atoms with Crippen LogP contribution in [0.3, 0.4) is 0 Å². The lowest BCUT2D eigenvalue weighted by atomic mass is 10.1. The molecule has 9 heteroatoms. The van der Waals surface area contributed by atoms with Gasteiger partial charge in [-0.15, -0.1) is 0 Å². The molecule has 1 aliphatic heterocycles. The minimum atomic E-state index is -0.444. The Morgan fingerprint density at radius 1 is 1.35 bits per heavy atom. The lowest BCUT2D eigenvalue weighted by molar-refractivity contribution is -0.118. The maximum Gasteiger partial charge on any atom is 0.228 e. The van der Waals surface area contributed by atoms with E-state index in [-0.39, 0.29) is 18.0 Å². The topological polar surface area (TPSA) is 92.6 Å². The number of methoxy groups -OCH3 is 1. The zero-order valence-electron chi connectivity index (χ0n) is 16.9. The van der Waals surface area contributed by atoms with Crippen LogP contribution >= 0.6 is 0 Å². The number of aromatic nitrogens is 3. The van der Waals surface area contributed by atoms with Crippen molar-refractivity contribution in [1.29, 1.82) is 0 Å². The van der Waals surface area contributed by atoms with Crippen LogP contribution in [0.5, 0.6) is 5.75 Å². The number of carbonyl (C=O) groups excluding carboxylic acids is 1. The van der Waals surface area contributed by atoms with Gasteiger partial charge in [0.25, 0.3) is 0 Å². The summed E-state index contributed by atoms with van der Waals surface area (Å²) in [5, 5.41) is 13.7. The summed E-state index contributed by atoms with van der Waals surface area (Å²) in [4.78, 5) is 16.3. The third kappa shape index (κ3) is 3.81. The van der Waals surface area contributed by atoms with Crippen LogP contribution in [0.2, 0.25) is 0 Å². The summed E-state index contributed by atoms with van der Waals surface area (Å²) in [5.41, 5.74) is 2.98. The first-order valence-electron chi connectivity index (χ1n) is 9.96. The molecule has 158 valence electrons. The third-order valence-electron chi connectivity index (χ3n) is 5.23. The molecule has 1 amide bonds. The Bertz CT molecular complexity index is 1240. The minimum absolute atomic E-state index is 0.0888. The Morgan fingerprint density at radius 3 is 2.87 bits per heavy atom. The molecule has 8 nitrogen and oxygen atoms in total. The van der Waals surface area contributed by atoms with Gasteiger partial charge in [0.2, 0.25) is 5.91 Å². The van der Waals surface area contributed by atoms with Crippen molar-refractivity contribution in [2.24, 2.45) is 0 Å². The number of ether oxygens (including phenoxy) is 1. The van der Waals surface area contributed by atoms with Crippen molar-refractivity contribution in [3.63, 3.8) is 0 Å². The third-order valence-corrected chi connectivity index (χ3v) is 5.23. The van der Waals surface area contributed by atoms with Crippen LogP contribution in [0, 0.1) is 5.82 Å². The van der Waals surface area contributed by atoms with Gasteiger partial charge in [0.1, 0.15) is 23.2 Å². The van der Waals surface area contributed by atoms with Crippen LogP contribution in [-0.2, 0) is 4.79 Å². The fourth-order valence-corrected chi connectivity index (χ4v) is 3.45. The quantitative estimate of drug-likeness (QED) is 0.564. The number of nitrogens with one attached hydrogen (secondary N) is 3. The summed E-state index contributed by atoms with van der Waals surface area (Å²) in [6.07, 6.45) is 5.99. The van der Waals surface area contributed by atoms with Gasteiger partial charge >= 0.3 is 0 Å². The molecular formula is C22H21FN6O2. The van der Waals surface area contributed by atoms with Crippen molar-refractivity contribution in [2.45, 2.75) is 25.3 Å². The molecular weight excluding hydrogens is 399 g/mol. The van der Waals surface area contributed by atoms with Crippen LogP contribution in [0.4, 0.5) is 21.7 Å². The first-order chi connectivity index (χ1) is 15.0. The second-order valence-electron chi connectivity index (χ2n) is 7.62. The highest BCUT2D eigenvalue weighted by Crippen LogP contribution is 2.30. The Labute approximate surface area is 177 Å². The highest BCUT2D eigenvalue weighted by molar-refractivity contribution is 5.89. The predicted octanol–water partition coefficient (Wildman–Crippen LogP) is 3.61. The summed E-state index contributed by atoms with van der Waals surface area (Å²) < 4.78 is 21.2. The molecule has 3 N–H and O–H groups in total. The SMILES string of the molecule is C=C1NC(=O)C/C1=C\c1cnn2c(NC3CC3)cc(Nc3ccc(OC)cc3F)nc12. The van der Waals surface area contributed by atoms with Gasteiger partial charge in [-0.05, 0) is 36.6 Å². The molecule has 3 aromatic rings. The summed E-state index contributed by atoms with van der Waals surface area (Å²) in [6.45, 7) is 3.88. The molecule has 0 radical (unpaired) electrons. The Balaban J connectivity index is 1.56. The zero-order valence-corrected chi connectivity index (χ0v) is 16.9. The highest BCUT2D eigenvalue weighted by Gasteiger charge is 2.24. The number of hydrogen-bond donors (Lipinski definition) is 3. The Hall–Kier alpha value is -3.88. The second-order valence-corrected chi connectivity index (χ2v) is 7.62. The van der Waals surface area contributed by atoms with Crippen LogP contribution in [0.15, 0.2) is 48.3 Å². The number of hydrogen-bond acceptors (Lipinski definition) is 6. The van der Waals surface area contributed by atoms with E-state index in [2.05, 4.69) is 32.6 Å². The van der Waals surface area contributed by atoms with Gasteiger partial charge in [-0.1, -0.05) is 6.58 Å². The molecule has 0 bridgehead atoms. The average Bonchev–Trinajstić information content (AvgIpc) is 3.38. The fourth-order valence-electron chi connectivity index (χ4n) is 3.45. The number of allylic oxidation sites excluding steroid dienone is 1. The van der Waals surface area contributed by atoms with E-state index in [1.54, 1.807) is 28.9 Å². The molecule has 2 aliphatic rings. The maximum absolute atomic E-state index is 14.5. The van der Waals surface area contributed by atoms with Crippen molar-refractivity contribution in [1.82, 2.24) is 19.9 Å². The van der Waals surface area contributed by atoms with Crippen molar-refractivity contribution in [3.8, 4) is 5.75 Å². The Kier molecular flexibility index (Phi) is 4.58. The molecule has 31 heavy (non-hydrogen) atoms. The maximum atomic E-state index is 14.5. The van der Waals surface area contributed by atoms with E-state index in [4.69, 9.17) is 4.74 Å². The molecule has 3 heterocycles. The van der Waals surface area contributed by atoms with Crippen molar-refractivity contribution in [2.75, 3.05) is 17.7 Å². The van der Waals surface area contributed by atoms with Crippen LogP contribution in [0.25, 0.3) is 11.7 Å². The molecule has 2 aromatic heterocycles. The smallest absolute Gasteiger partial charge is 0.228 e. The Morgan fingerprint density at radius 2 is 2.19 bits per heavy atom. The van der Waals surface area contributed by atoms with Gasteiger partial charge in [0, 0.05) is 29.4 Å². The number of rotatable bonds is 6. The predicted molar refractivity (Wildman–Crippen MR) is 116 cm³/mol. The first kappa shape index (κ1) is 19.1. The molecule has 1 saturated heterocycles. The zero-order chi connectivity index (χ0) is 21.5. The average molecular weight is 420 g/mol. The van der Waals surface area contributed by atoms with Crippen molar-refractivity contribution < 1.29 is 13.9 Å². The summed E-state index contributed by atoms with van der Waals surface area (Å²) in [7, 11) is 1.49. The number of benzene rings is 1. The fraction of sp³-hybridized carbons (Fsp3) is 0.227. The number of fused-ring (bicyclic) bond motifs is 1. The lowest BCUT2D eigenvalue weighted by Gasteiger charge is -2.12. The lowest BCUT2D eigenvalue weighted by Crippen LogP contribution is -2.10. The molecule has 0 unspecified atom stereocenters. The molecule has 0 atom stereocenters. The number of carbonyl (C=O) groups is 1. The van der Waals surface area contributed by atoms with Gasteiger partial charge in [-0.3, -0.25) is 4.79 Å². The largest absolute Gasteiger partial charge is 0.497 e. The van der Waals surface area contributed by atoms with E-state index in [1.165, 1.54) is 13.2 Å². The van der Waals surface area contributed by atoms with E-state index in [0.717, 1.165) is 29.8 Å². The molecule has 1 aromatic carbocycles. The van der Waals surface area contributed by atoms with Gasteiger partial charge < -0.3 is 20.7 Å². The molecule has 1 aliphatic carbocycles. The summed E-state index contributed by atoms with van der Waals surface area (Å²) in [5.74, 6) is 1.13. The number of nitrogens with zero attached hydrogens (tertiary/aromatic N) is 3. The van der Waals surface area contributed by atoms with Gasteiger partial charge in [0.15, 0.2) is 5.65 Å². The number of amides is 1. The standard InChI is InChI=1S/C22H21FN6O2/c1-12-13(8-21(30)25-12)7-14-11-24-29-20(26-15-3-4-15)10-19(28-22(14)29)27-18-6-5-16(31-2)9-17(18)23/h5-7,9-11,15,26H,1,3-4,8H2,2H3,(H,25,30)(H,27,28)/b13-7+. The molecule has 0 spiro atoms. The summed E-state index contributed by atoms with van der Waals surface area (Å²) >= 11 is 0. The van der Waals surface area contributed by atoms with Crippen LogP contribution < -0.4 is 20.7 Å². The molecule has 2 fully saturated rings. The van der Waals surface area contributed by atoms with Gasteiger partial charge in [0.05, 0.1) is 25.4 Å². The van der Waals surface area contributed by atoms with E-state index in [0.29, 0.717) is 29.0 Å². The van der Waals surface area contributed by atoms with Gasteiger partial charge in [-0.2, -0.15) is 9.61 Å². The first-order valence-corrected chi connectivity index (χ1v) is 9.96. The van der Waals surface area contributed by atoms with Gasteiger partial charge in [-0.25, -0.2) is 9.37 Å². The molecule has 1 saturated carbocycles. The van der Waals surface area contributed by atoms with Crippen molar-refractivity contribution >= 4 is 35.0 Å². The van der Waals surface area contributed by atoms with Crippen LogP contribution in [-0.4, -0.2) is 33.7 Å². The van der Waals surface area contributed by atoms with E-state index in [9.17, 15) is 9.18 Å². The highest BCUT2D eigenvalue weighted by atomic mass is 19.1. The molecule has 5 rings (SSSR count). The summed E-state index contributed by atoms with van der Waals surface area (Å²) in [6, 6.07) is 6.79. The monoisotopic (exact) mass is 420 g/mol.